The van der Waals surface area contributed by atoms with Crippen LogP contribution in [0.25, 0.3) is 10.9 Å². The summed E-state index contributed by atoms with van der Waals surface area (Å²) < 4.78 is 2.31. The number of fused-ring (bicyclic) bond motifs is 1. The molecule has 5 rings (SSSR count). The molecule has 0 radical (unpaired) electrons. The summed E-state index contributed by atoms with van der Waals surface area (Å²) in [4.78, 5) is 13.3. The zero-order valence-electron chi connectivity index (χ0n) is 20.3. The summed E-state index contributed by atoms with van der Waals surface area (Å²) in [5, 5.41) is 5.21. The van der Waals surface area contributed by atoms with Crippen molar-refractivity contribution in [1.29, 1.82) is 0 Å². The highest BCUT2D eigenvalue weighted by molar-refractivity contribution is 6.30. The first-order chi connectivity index (χ1) is 17.1. The Kier molecular flexibility index (Phi) is 7.24. The Labute approximate surface area is 213 Å². The molecule has 1 saturated carbocycles. The number of carbonyl (C=O) groups excluding carboxylic acids is 1. The van der Waals surface area contributed by atoms with Crippen LogP contribution in [0.4, 0.5) is 0 Å². The van der Waals surface area contributed by atoms with Crippen LogP contribution in [0.2, 0.25) is 5.02 Å². The highest BCUT2D eigenvalue weighted by atomic mass is 35.5. The minimum absolute atomic E-state index is 0.0681. The third-order valence-corrected chi connectivity index (χ3v) is 7.51. The molecule has 1 fully saturated rings. The molecule has 1 aliphatic rings. The Morgan fingerprint density at radius 2 is 1.77 bits per heavy atom. The van der Waals surface area contributed by atoms with E-state index in [2.05, 4.69) is 77.6 Å². The predicted octanol–water partition coefficient (Wildman–Crippen LogP) is 7.62. The first-order valence-electron chi connectivity index (χ1n) is 12.7. The van der Waals surface area contributed by atoms with E-state index in [-0.39, 0.29) is 11.8 Å². The van der Waals surface area contributed by atoms with Crippen molar-refractivity contribution in [2.24, 2.45) is 0 Å². The molecule has 3 aromatic carbocycles. The van der Waals surface area contributed by atoms with E-state index in [4.69, 9.17) is 11.6 Å². The van der Waals surface area contributed by atoms with E-state index >= 15 is 0 Å². The molecule has 1 aliphatic carbocycles. The molecule has 4 aromatic rings. The Balaban J connectivity index is 1.51. The minimum Gasteiger partial charge on any atom is -0.353 e. The van der Waals surface area contributed by atoms with Gasteiger partial charge in [0.15, 0.2) is 0 Å². The highest BCUT2D eigenvalue weighted by Crippen LogP contribution is 2.36. The molecule has 1 heterocycles. The zero-order valence-corrected chi connectivity index (χ0v) is 21.1. The Morgan fingerprint density at radius 1 is 1.00 bits per heavy atom. The molecule has 0 bridgehead atoms. The normalized spacial score (nSPS) is 15.3. The fraction of sp³-hybridized carbons (Fsp3) is 0.323. The maximum atomic E-state index is 13.3. The lowest BCUT2D eigenvalue weighted by Crippen LogP contribution is -2.36. The third kappa shape index (κ3) is 5.62. The standard InChI is InChI=1S/C31H33ClN2O/c1-22-14-16-23(17-15-22)20-34-21-29(27-12-5-6-13-30(27)34)28(24-8-7-9-25(32)18-24)19-31(35)33-26-10-3-2-4-11-26/h5-9,12-18,21,26,28H,2-4,10-11,19-20H2,1H3,(H,33,35)/t28-/m1/s1. The summed E-state index contributed by atoms with van der Waals surface area (Å²) in [6.45, 7) is 2.90. The molecule has 180 valence electrons. The Morgan fingerprint density at radius 3 is 2.54 bits per heavy atom. The highest BCUT2D eigenvalue weighted by Gasteiger charge is 2.25. The van der Waals surface area contributed by atoms with E-state index in [0.29, 0.717) is 17.5 Å². The van der Waals surface area contributed by atoms with Crippen LogP contribution in [0.15, 0.2) is 79.0 Å². The number of nitrogens with zero attached hydrogens (tertiary/aromatic N) is 1. The largest absolute Gasteiger partial charge is 0.353 e. The zero-order chi connectivity index (χ0) is 24.2. The number of halogens is 1. The van der Waals surface area contributed by atoms with Gasteiger partial charge in [0.2, 0.25) is 5.91 Å². The smallest absolute Gasteiger partial charge is 0.221 e. The van der Waals surface area contributed by atoms with Gasteiger partial charge in [-0.1, -0.05) is 91.0 Å². The van der Waals surface area contributed by atoms with Gasteiger partial charge in [-0.05, 0) is 54.7 Å². The molecule has 4 heteroatoms. The topological polar surface area (TPSA) is 34.0 Å². The van der Waals surface area contributed by atoms with Crippen LogP contribution in [0.1, 0.15) is 66.7 Å². The second-order valence-corrected chi connectivity index (χ2v) is 10.4. The average molecular weight is 485 g/mol. The van der Waals surface area contributed by atoms with Crippen LogP contribution in [0.3, 0.4) is 0 Å². The fourth-order valence-corrected chi connectivity index (χ4v) is 5.62. The van der Waals surface area contributed by atoms with Crippen LogP contribution >= 0.6 is 11.6 Å². The number of hydrogen-bond acceptors (Lipinski definition) is 1. The van der Waals surface area contributed by atoms with Crippen LogP contribution in [0.5, 0.6) is 0 Å². The lowest BCUT2D eigenvalue weighted by atomic mass is 9.87. The quantitative estimate of drug-likeness (QED) is 0.287. The van der Waals surface area contributed by atoms with Crippen molar-refractivity contribution in [2.75, 3.05) is 0 Å². The number of rotatable bonds is 7. The van der Waals surface area contributed by atoms with Crippen LogP contribution in [-0.4, -0.2) is 16.5 Å². The van der Waals surface area contributed by atoms with Crippen LogP contribution < -0.4 is 5.32 Å². The summed E-state index contributed by atoms with van der Waals surface area (Å²) in [6.07, 6.45) is 8.51. The SMILES string of the molecule is Cc1ccc(Cn2cc([C@H](CC(=O)NC3CCCCC3)c3cccc(Cl)c3)c3ccccc32)cc1. The van der Waals surface area contributed by atoms with Gasteiger partial charge in [-0.2, -0.15) is 0 Å². The molecule has 35 heavy (non-hydrogen) atoms. The molecule has 1 atom stereocenters. The second kappa shape index (κ2) is 10.7. The Hall–Kier alpha value is -3.04. The molecular weight excluding hydrogens is 452 g/mol. The first kappa shape index (κ1) is 23.7. The number of hydrogen-bond donors (Lipinski definition) is 1. The fourth-order valence-electron chi connectivity index (χ4n) is 5.42. The van der Waals surface area contributed by atoms with Crippen molar-refractivity contribution in [3.05, 3.63) is 106 Å². The van der Waals surface area contributed by atoms with Gasteiger partial charge in [0.25, 0.3) is 0 Å². The van der Waals surface area contributed by atoms with Gasteiger partial charge in [0.05, 0.1) is 0 Å². The van der Waals surface area contributed by atoms with E-state index in [1.807, 2.05) is 18.2 Å². The lowest BCUT2D eigenvalue weighted by Gasteiger charge is -2.24. The predicted molar refractivity (Wildman–Crippen MR) is 145 cm³/mol. The Bertz CT molecular complexity index is 1300. The summed E-state index contributed by atoms with van der Waals surface area (Å²) in [7, 11) is 0. The number of nitrogens with one attached hydrogen (secondary N) is 1. The molecule has 3 nitrogen and oxygen atoms in total. The third-order valence-electron chi connectivity index (χ3n) is 7.28. The lowest BCUT2D eigenvalue weighted by molar-refractivity contribution is -0.122. The molecule has 0 aliphatic heterocycles. The molecular formula is C31H33ClN2O. The van der Waals surface area contributed by atoms with Gasteiger partial charge < -0.3 is 9.88 Å². The molecule has 0 spiro atoms. The van der Waals surface area contributed by atoms with E-state index in [1.165, 1.54) is 46.9 Å². The van der Waals surface area contributed by atoms with Crippen molar-refractivity contribution in [2.45, 2.75) is 64.0 Å². The maximum Gasteiger partial charge on any atom is 0.221 e. The van der Waals surface area contributed by atoms with E-state index in [1.54, 1.807) is 0 Å². The summed E-state index contributed by atoms with van der Waals surface area (Å²) >= 11 is 6.41. The van der Waals surface area contributed by atoms with Crippen molar-refractivity contribution < 1.29 is 4.79 Å². The van der Waals surface area contributed by atoms with Gasteiger partial charge in [-0.3, -0.25) is 4.79 Å². The number of para-hydroxylation sites is 1. The summed E-state index contributed by atoms with van der Waals surface area (Å²) in [5.41, 5.74) is 5.96. The first-order valence-corrected chi connectivity index (χ1v) is 13.1. The number of aryl methyl sites for hydroxylation is 1. The minimum atomic E-state index is -0.0681. The molecule has 0 saturated heterocycles. The van der Waals surface area contributed by atoms with Gasteiger partial charge >= 0.3 is 0 Å². The van der Waals surface area contributed by atoms with Crippen LogP contribution in [-0.2, 0) is 11.3 Å². The van der Waals surface area contributed by atoms with Crippen molar-refractivity contribution in [3.8, 4) is 0 Å². The maximum absolute atomic E-state index is 13.3. The summed E-state index contributed by atoms with van der Waals surface area (Å²) in [5.74, 6) is 0.0544. The number of amides is 1. The number of aromatic nitrogens is 1. The molecule has 1 amide bonds. The van der Waals surface area contributed by atoms with Crippen molar-refractivity contribution in [1.82, 2.24) is 9.88 Å². The van der Waals surface area contributed by atoms with Gasteiger partial charge in [0.1, 0.15) is 0 Å². The van der Waals surface area contributed by atoms with Crippen molar-refractivity contribution in [3.63, 3.8) is 0 Å². The second-order valence-electron chi connectivity index (χ2n) is 9.93. The van der Waals surface area contributed by atoms with Gasteiger partial charge in [0, 0.05) is 47.0 Å². The van der Waals surface area contributed by atoms with Crippen molar-refractivity contribution >= 4 is 28.4 Å². The van der Waals surface area contributed by atoms with E-state index < -0.39 is 0 Å². The summed E-state index contributed by atoms with van der Waals surface area (Å²) in [6, 6.07) is 25.5. The van der Waals surface area contributed by atoms with Crippen LogP contribution in [0, 0.1) is 6.92 Å². The average Bonchev–Trinajstić information content (AvgIpc) is 3.23. The molecule has 1 aromatic heterocycles. The molecule has 0 unspecified atom stereocenters. The molecule has 1 N–H and O–H groups in total. The number of carbonyl (C=O) groups is 1. The number of benzene rings is 3. The van der Waals surface area contributed by atoms with E-state index in [9.17, 15) is 4.79 Å². The van der Waals surface area contributed by atoms with E-state index in [0.717, 1.165) is 24.9 Å². The monoisotopic (exact) mass is 484 g/mol. The van der Waals surface area contributed by atoms with Gasteiger partial charge in [-0.15, -0.1) is 0 Å². The van der Waals surface area contributed by atoms with Gasteiger partial charge in [-0.25, -0.2) is 0 Å².